The van der Waals surface area contributed by atoms with Crippen molar-refractivity contribution in [3.8, 4) is 0 Å². The molecule has 8 heteroatoms. The van der Waals surface area contributed by atoms with Crippen molar-refractivity contribution in [2.24, 2.45) is 0 Å². The van der Waals surface area contributed by atoms with Crippen molar-refractivity contribution in [1.82, 2.24) is 10.2 Å². The number of hydrogen-bond acceptors (Lipinski definition) is 4. The lowest BCUT2D eigenvalue weighted by Crippen LogP contribution is -2.47. The maximum atomic E-state index is 12.6. The summed E-state index contributed by atoms with van der Waals surface area (Å²) < 4.78 is 5.38. The van der Waals surface area contributed by atoms with Gasteiger partial charge in [0.15, 0.2) is 0 Å². The van der Waals surface area contributed by atoms with E-state index in [1.165, 1.54) is 6.92 Å². The molecule has 0 spiro atoms. The molecule has 1 heterocycles. The summed E-state index contributed by atoms with van der Waals surface area (Å²) in [6.07, 6.45) is -0.568. The first-order chi connectivity index (χ1) is 11.8. The van der Waals surface area contributed by atoms with Crippen LogP contribution in [0, 0.1) is 0 Å². The maximum absolute atomic E-state index is 12.6. The number of rotatable bonds is 6. The lowest BCUT2D eigenvalue weighted by molar-refractivity contribution is -0.148. The Hall–Kier alpha value is -2.12. The van der Waals surface area contributed by atoms with Gasteiger partial charge in [-0.25, -0.2) is 0 Å². The number of nitrogens with zero attached hydrogens (tertiary/aromatic N) is 1. The topological polar surface area (TPSA) is 95.9 Å². The van der Waals surface area contributed by atoms with Crippen LogP contribution in [0.25, 0.3) is 0 Å². The molecular weight excluding hydrogens is 348 g/mol. The van der Waals surface area contributed by atoms with E-state index in [0.717, 1.165) is 5.56 Å². The third kappa shape index (κ3) is 6.03. The first-order valence-corrected chi connectivity index (χ1v) is 8.36. The molecular formula is C17H21ClN2O5. The van der Waals surface area contributed by atoms with Gasteiger partial charge in [-0.3, -0.25) is 14.4 Å². The van der Waals surface area contributed by atoms with Crippen molar-refractivity contribution in [1.29, 1.82) is 0 Å². The van der Waals surface area contributed by atoms with Gasteiger partial charge in [0.1, 0.15) is 0 Å². The molecule has 1 aliphatic heterocycles. The molecule has 2 atom stereocenters. The predicted molar refractivity (Wildman–Crippen MR) is 91.2 cm³/mol. The number of carbonyl (C=O) groups excluding carboxylic acids is 2. The zero-order valence-electron chi connectivity index (χ0n) is 13.9. The second-order valence-electron chi connectivity index (χ2n) is 5.94. The van der Waals surface area contributed by atoms with Gasteiger partial charge in [-0.2, -0.15) is 0 Å². The van der Waals surface area contributed by atoms with Crippen LogP contribution in [0.1, 0.15) is 31.4 Å². The molecule has 1 fully saturated rings. The Labute approximate surface area is 150 Å². The lowest BCUT2D eigenvalue weighted by atomic mass is 10.0. The van der Waals surface area contributed by atoms with Gasteiger partial charge in [0.05, 0.1) is 31.6 Å². The number of halogens is 1. The zero-order valence-corrected chi connectivity index (χ0v) is 14.7. The van der Waals surface area contributed by atoms with E-state index in [1.807, 2.05) is 0 Å². The fourth-order valence-corrected chi connectivity index (χ4v) is 2.89. The quantitative estimate of drug-likeness (QED) is 0.795. The smallest absolute Gasteiger partial charge is 0.306 e. The van der Waals surface area contributed by atoms with Gasteiger partial charge in [-0.15, -0.1) is 0 Å². The van der Waals surface area contributed by atoms with Crippen LogP contribution >= 0.6 is 11.6 Å². The average Bonchev–Trinajstić information content (AvgIpc) is 2.54. The summed E-state index contributed by atoms with van der Waals surface area (Å²) >= 11 is 5.88. The first-order valence-electron chi connectivity index (χ1n) is 7.99. The number of nitrogens with one attached hydrogen (secondary N) is 1. The van der Waals surface area contributed by atoms with E-state index >= 15 is 0 Å². The van der Waals surface area contributed by atoms with Crippen LogP contribution in [0.3, 0.4) is 0 Å². The highest BCUT2D eigenvalue weighted by molar-refractivity contribution is 6.30. The Kier molecular flexibility index (Phi) is 6.78. The number of ether oxygens (including phenoxy) is 1. The fraction of sp³-hybridized carbons (Fsp3) is 0.471. The van der Waals surface area contributed by atoms with Crippen LogP contribution < -0.4 is 5.32 Å². The predicted octanol–water partition coefficient (Wildman–Crippen LogP) is 1.61. The van der Waals surface area contributed by atoms with Crippen LogP contribution in [-0.2, 0) is 19.1 Å². The van der Waals surface area contributed by atoms with Crippen LogP contribution in [0.5, 0.6) is 0 Å². The van der Waals surface area contributed by atoms with Crippen molar-refractivity contribution in [3.05, 3.63) is 34.9 Å². The molecule has 0 unspecified atom stereocenters. The van der Waals surface area contributed by atoms with Gasteiger partial charge in [-0.1, -0.05) is 23.7 Å². The number of carboxylic acid groups (broad SMARTS) is 1. The molecule has 2 rings (SSSR count). The van der Waals surface area contributed by atoms with E-state index in [2.05, 4.69) is 5.32 Å². The average molecular weight is 369 g/mol. The Bertz CT molecular complexity index is 634. The number of amides is 2. The molecule has 1 aliphatic rings. The van der Waals surface area contributed by atoms with E-state index in [-0.39, 0.29) is 31.2 Å². The Morgan fingerprint density at radius 3 is 2.64 bits per heavy atom. The lowest BCUT2D eigenvalue weighted by Gasteiger charge is -2.33. The molecule has 7 nitrogen and oxygen atoms in total. The summed E-state index contributed by atoms with van der Waals surface area (Å²) in [7, 11) is 0. The number of morpholine rings is 1. The second kappa shape index (κ2) is 8.82. The molecule has 1 saturated heterocycles. The highest BCUT2D eigenvalue weighted by Gasteiger charge is 2.28. The molecule has 0 saturated carbocycles. The summed E-state index contributed by atoms with van der Waals surface area (Å²) in [4.78, 5) is 36.5. The van der Waals surface area contributed by atoms with Crippen LogP contribution in [-0.4, -0.2) is 53.6 Å². The monoisotopic (exact) mass is 368 g/mol. The van der Waals surface area contributed by atoms with Crippen molar-refractivity contribution in [2.75, 3.05) is 19.7 Å². The standard InChI is InChI=1S/C17H21ClN2O5/c1-11(21)19-15(12-2-4-13(18)5-3-12)9-16(22)20-6-7-25-14(10-20)8-17(23)24/h2-5,14-15H,6-10H2,1H3,(H,19,21)(H,23,24)/t14-,15-/m1/s1. The zero-order chi connectivity index (χ0) is 18.4. The van der Waals surface area contributed by atoms with Gasteiger partial charge >= 0.3 is 5.97 Å². The molecule has 2 N–H and O–H groups in total. The minimum Gasteiger partial charge on any atom is -0.481 e. The summed E-state index contributed by atoms with van der Waals surface area (Å²) in [5, 5.41) is 12.2. The molecule has 1 aromatic carbocycles. The Balaban J connectivity index is 2.04. The molecule has 1 aromatic rings. The summed E-state index contributed by atoms with van der Waals surface area (Å²) in [5.74, 6) is -1.36. The number of aliphatic carboxylic acids is 1. The molecule has 25 heavy (non-hydrogen) atoms. The molecule has 0 aliphatic carbocycles. The summed E-state index contributed by atoms with van der Waals surface area (Å²) in [6, 6.07) is 6.47. The number of carbonyl (C=O) groups is 3. The molecule has 136 valence electrons. The Morgan fingerprint density at radius 1 is 1.36 bits per heavy atom. The van der Waals surface area contributed by atoms with Crippen molar-refractivity contribution in [3.63, 3.8) is 0 Å². The van der Waals surface area contributed by atoms with Gasteiger partial charge in [-0.05, 0) is 17.7 Å². The first kappa shape index (κ1) is 19.2. The second-order valence-corrected chi connectivity index (χ2v) is 6.38. The normalized spacial score (nSPS) is 18.5. The number of hydrogen-bond donors (Lipinski definition) is 2. The van der Waals surface area contributed by atoms with Crippen LogP contribution in [0.15, 0.2) is 24.3 Å². The van der Waals surface area contributed by atoms with Gasteiger partial charge in [0, 0.05) is 25.0 Å². The third-order valence-electron chi connectivity index (χ3n) is 3.92. The number of benzene rings is 1. The third-order valence-corrected chi connectivity index (χ3v) is 4.17. The minimum absolute atomic E-state index is 0.0843. The van der Waals surface area contributed by atoms with Crippen LogP contribution in [0.2, 0.25) is 5.02 Å². The minimum atomic E-state index is -0.961. The highest BCUT2D eigenvalue weighted by atomic mass is 35.5. The van der Waals surface area contributed by atoms with E-state index in [1.54, 1.807) is 29.2 Å². The van der Waals surface area contributed by atoms with Crippen molar-refractivity contribution < 1.29 is 24.2 Å². The van der Waals surface area contributed by atoms with E-state index in [9.17, 15) is 14.4 Å². The van der Waals surface area contributed by atoms with Crippen molar-refractivity contribution in [2.45, 2.75) is 31.9 Å². The molecule has 2 amide bonds. The fourth-order valence-electron chi connectivity index (χ4n) is 2.76. The molecule has 0 radical (unpaired) electrons. The molecule has 0 bridgehead atoms. The van der Waals surface area contributed by atoms with E-state index < -0.39 is 18.1 Å². The Morgan fingerprint density at radius 2 is 2.04 bits per heavy atom. The highest BCUT2D eigenvalue weighted by Crippen LogP contribution is 2.21. The SMILES string of the molecule is CC(=O)N[C@H](CC(=O)N1CCO[C@H](CC(=O)O)C1)c1ccc(Cl)cc1. The largest absolute Gasteiger partial charge is 0.481 e. The van der Waals surface area contributed by atoms with E-state index in [0.29, 0.717) is 18.2 Å². The number of carboxylic acids is 1. The van der Waals surface area contributed by atoms with Gasteiger partial charge < -0.3 is 20.1 Å². The summed E-state index contributed by atoms with van der Waals surface area (Å²) in [6.45, 7) is 2.33. The maximum Gasteiger partial charge on any atom is 0.306 e. The van der Waals surface area contributed by atoms with Gasteiger partial charge in [0.25, 0.3) is 0 Å². The van der Waals surface area contributed by atoms with Gasteiger partial charge in [0.2, 0.25) is 11.8 Å². The van der Waals surface area contributed by atoms with E-state index in [4.69, 9.17) is 21.4 Å². The van der Waals surface area contributed by atoms with Crippen molar-refractivity contribution >= 4 is 29.4 Å². The summed E-state index contributed by atoms with van der Waals surface area (Å²) in [5.41, 5.74) is 0.781. The molecule has 0 aromatic heterocycles. The van der Waals surface area contributed by atoms with Crippen LogP contribution in [0.4, 0.5) is 0 Å².